The highest BCUT2D eigenvalue weighted by Gasteiger charge is 2.26. The van der Waals surface area contributed by atoms with Crippen molar-refractivity contribution < 1.29 is 22.0 Å². The largest absolute Gasteiger partial charge is 0.207 e. The molecule has 0 saturated heterocycles. The molecule has 5 aromatic carbocycles. The van der Waals surface area contributed by atoms with Crippen LogP contribution in [0.25, 0.3) is 0 Å². The summed E-state index contributed by atoms with van der Waals surface area (Å²) >= 11 is 23.1. The molecule has 0 spiro atoms. The molecule has 0 saturated carbocycles. The Hall–Kier alpha value is -3.09. The first kappa shape index (κ1) is 57.9. The Morgan fingerprint density at radius 3 is 0.937 bits per heavy atom. The lowest BCUT2D eigenvalue weighted by atomic mass is 9.84. The average Bonchev–Trinajstić information content (AvgIpc) is 3.08. The molecule has 0 N–H and O–H groups in total. The Bertz CT molecular complexity index is 2140. The Morgan fingerprint density at radius 2 is 0.651 bits per heavy atom. The van der Waals surface area contributed by atoms with E-state index in [-0.39, 0.29) is 43.2 Å². The van der Waals surface area contributed by atoms with Gasteiger partial charge in [0, 0.05) is 21.2 Å². The second-order valence-electron chi connectivity index (χ2n) is 21.0. The molecule has 0 heterocycles. The molecule has 0 radical (unpaired) electrons. The van der Waals surface area contributed by atoms with Gasteiger partial charge in [-0.2, -0.15) is 0 Å². The van der Waals surface area contributed by atoms with Gasteiger partial charge in [-0.1, -0.05) is 168 Å². The molecule has 0 fully saturated rings. The van der Waals surface area contributed by atoms with Gasteiger partial charge in [0.1, 0.15) is 29.1 Å². The van der Waals surface area contributed by atoms with E-state index in [4.69, 9.17) is 46.4 Å². The lowest BCUT2D eigenvalue weighted by Crippen LogP contribution is -2.16. The van der Waals surface area contributed by atoms with E-state index in [1.165, 1.54) is 46.5 Å². The molecule has 0 aliphatic rings. The maximum absolute atomic E-state index is 13.6. The van der Waals surface area contributed by atoms with Crippen LogP contribution in [0.4, 0.5) is 22.0 Å². The van der Waals surface area contributed by atoms with Crippen molar-refractivity contribution in [3.63, 3.8) is 0 Å². The average molecular weight is 955 g/mol. The Labute approximate surface area is 396 Å². The van der Waals surface area contributed by atoms with Crippen molar-refractivity contribution in [1.82, 2.24) is 0 Å². The number of rotatable bonds is 0. The van der Waals surface area contributed by atoms with Crippen molar-refractivity contribution in [2.24, 2.45) is 0 Å². The molecule has 0 nitrogen and oxygen atoms in total. The smallest absolute Gasteiger partial charge is 0.148 e. The summed E-state index contributed by atoms with van der Waals surface area (Å²) in [5.41, 5.74) is 6.89. The number of aryl methyl sites for hydroxylation is 4. The van der Waals surface area contributed by atoms with E-state index in [9.17, 15) is 22.0 Å². The van der Waals surface area contributed by atoms with Crippen molar-refractivity contribution in [2.75, 3.05) is 0 Å². The molecule has 0 aliphatic heterocycles. The maximum atomic E-state index is 13.6. The molecule has 63 heavy (non-hydrogen) atoms. The Kier molecular flexibility index (Phi) is 21.0. The number of halogens is 9. The lowest BCUT2D eigenvalue weighted by molar-refractivity contribution is 0.474. The quantitative estimate of drug-likeness (QED) is 0.107. The van der Waals surface area contributed by atoms with Crippen molar-refractivity contribution in [2.45, 2.75) is 159 Å². The first-order chi connectivity index (χ1) is 28.3. The standard InChI is InChI=1S/C11H14ClF.2C11H15Cl.C11H14F2.C10H11ClF2/c1-7-5-6-8(12)10(13)9(7)11(2,3)4;2*1-8-5-6-9(12)7-10(8)11(2,3)4;1-7-5-8(12)10(9(13)6-7)11(2,3)4;1-10(2,3)8-7(12)5-4-6(11)9(8)13/h5-6H,1-4H3;2*5-7H,1-4H3;5-6H,1-4H3;4-5H,1-3H3. The number of hydrogen-bond donors (Lipinski definition) is 0. The Morgan fingerprint density at radius 1 is 0.333 bits per heavy atom. The third kappa shape index (κ3) is 18.0. The van der Waals surface area contributed by atoms with Crippen LogP contribution in [0, 0.1) is 56.8 Å². The summed E-state index contributed by atoms with van der Waals surface area (Å²) in [7, 11) is 0. The van der Waals surface area contributed by atoms with Gasteiger partial charge in [0.15, 0.2) is 0 Å². The molecule has 0 aliphatic carbocycles. The highest BCUT2D eigenvalue weighted by Crippen LogP contribution is 2.34. The minimum absolute atomic E-state index is 0.0358. The molecule has 9 heteroatoms. The van der Waals surface area contributed by atoms with Crippen LogP contribution in [0.1, 0.15) is 154 Å². The third-order valence-electron chi connectivity index (χ3n) is 9.80. The van der Waals surface area contributed by atoms with Crippen LogP contribution in [-0.2, 0) is 27.1 Å². The van der Waals surface area contributed by atoms with E-state index in [1.54, 1.807) is 54.5 Å². The van der Waals surface area contributed by atoms with E-state index in [0.717, 1.165) is 15.6 Å². The molecule has 0 bridgehead atoms. The topological polar surface area (TPSA) is 0 Å². The number of benzene rings is 5. The van der Waals surface area contributed by atoms with Gasteiger partial charge < -0.3 is 0 Å². The SMILES string of the molecule is CC(C)(C)c1c(F)ccc(Cl)c1F.Cc1cc(F)c(C(C)(C)C)c(F)c1.Cc1ccc(Cl)c(F)c1C(C)(C)C.Cc1ccc(Cl)cc1C(C)(C)C.Cc1ccc(Cl)cc1C(C)(C)C. The summed E-state index contributed by atoms with van der Waals surface area (Å²) in [5.74, 6) is -2.40. The zero-order valence-corrected chi connectivity index (χ0v) is 43.9. The molecule has 0 unspecified atom stereocenters. The van der Waals surface area contributed by atoms with Crippen molar-refractivity contribution in [1.29, 1.82) is 0 Å². The van der Waals surface area contributed by atoms with E-state index in [0.29, 0.717) is 11.1 Å². The first-order valence-electron chi connectivity index (χ1n) is 20.9. The molecule has 348 valence electrons. The van der Waals surface area contributed by atoms with Crippen LogP contribution in [0.5, 0.6) is 0 Å². The van der Waals surface area contributed by atoms with Crippen LogP contribution in [-0.4, -0.2) is 0 Å². The molecule has 0 amide bonds. The predicted molar refractivity (Wildman–Crippen MR) is 264 cm³/mol. The van der Waals surface area contributed by atoms with Crippen molar-refractivity contribution in [3.8, 4) is 0 Å². The second kappa shape index (κ2) is 22.9. The summed E-state index contributed by atoms with van der Waals surface area (Å²) in [6.07, 6.45) is 0. The second-order valence-corrected chi connectivity index (χ2v) is 22.7. The highest BCUT2D eigenvalue weighted by molar-refractivity contribution is 6.31. The predicted octanol–water partition coefficient (Wildman–Crippen LogP) is 19.5. The zero-order chi connectivity index (χ0) is 49.4. The van der Waals surface area contributed by atoms with E-state index in [2.05, 4.69) is 79.7 Å². The Balaban J connectivity index is 0.000000394. The monoisotopic (exact) mass is 952 g/mol. The van der Waals surface area contributed by atoms with E-state index in [1.807, 2.05) is 45.9 Å². The van der Waals surface area contributed by atoms with Crippen molar-refractivity contribution >= 4 is 46.4 Å². The molecule has 5 rings (SSSR count). The highest BCUT2D eigenvalue weighted by atomic mass is 35.5. The fraction of sp³-hybridized carbons (Fsp3) is 0.444. The summed E-state index contributed by atoms with van der Waals surface area (Å²) in [4.78, 5) is 0. The molecular weight excluding hydrogens is 885 g/mol. The van der Waals surface area contributed by atoms with Gasteiger partial charge in [-0.05, 0) is 148 Å². The summed E-state index contributed by atoms with van der Waals surface area (Å²) < 4.78 is 67.0. The molecule has 0 aromatic heterocycles. The van der Waals surface area contributed by atoms with Crippen LogP contribution in [0.2, 0.25) is 20.1 Å². The van der Waals surface area contributed by atoms with Crippen molar-refractivity contribution in [3.05, 3.63) is 172 Å². The normalized spacial score (nSPS) is 11.8. The molecule has 5 aromatic rings. The minimum atomic E-state index is -0.658. The zero-order valence-electron chi connectivity index (χ0n) is 40.8. The van der Waals surface area contributed by atoms with Gasteiger partial charge >= 0.3 is 0 Å². The van der Waals surface area contributed by atoms with Crippen LogP contribution < -0.4 is 0 Å². The fourth-order valence-electron chi connectivity index (χ4n) is 7.00. The van der Waals surface area contributed by atoms with Gasteiger partial charge in [-0.3, -0.25) is 0 Å². The van der Waals surface area contributed by atoms with Gasteiger partial charge in [-0.25, -0.2) is 22.0 Å². The number of hydrogen-bond acceptors (Lipinski definition) is 0. The summed E-state index contributed by atoms with van der Waals surface area (Å²) in [6, 6.07) is 20.7. The van der Waals surface area contributed by atoms with E-state index < -0.39 is 34.1 Å². The van der Waals surface area contributed by atoms with Gasteiger partial charge in [-0.15, -0.1) is 0 Å². The lowest BCUT2D eigenvalue weighted by Gasteiger charge is -2.22. The third-order valence-corrected chi connectivity index (χ3v) is 10.9. The van der Waals surface area contributed by atoms with E-state index >= 15 is 0 Å². The first-order valence-corrected chi connectivity index (χ1v) is 22.4. The molecule has 0 atom stereocenters. The molecular formula is C54H69Cl4F5. The summed E-state index contributed by atoms with van der Waals surface area (Å²) in [6.45, 7) is 37.6. The van der Waals surface area contributed by atoms with Gasteiger partial charge in [0.2, 0.25) is 0 Å². The summed E-state index contributed by atoms with van der Waals surface area (Å²) in [5, 5.41) is 1.82. The van der Waals surface area contributed by atoms with Crippen LogP contribution >= 0.6 is 46.4 Å². The van der Waals surface area contributed by atoms with Gasteiger partial charge in [0.25, 0.3) is 0 Å². The maximum Gasteiger partial charge on any atom is 0.148 e. The fourth-order valence-corrected chi connectivity index (χ4v) is 7.66. The van der Waals surface area contributed by atoms with Crippen LogP contribution in [0.15, 0.2) is 72.8 Å². The van der Waals surface area contributed by atoms with Crippen LogP contribution in [0.3, 0.4) is 0 Å². The van der Waals surface area contributed by atoms with Gasteiger partial charge in [0.05, 0.1) is 10.0 Å². The minimum Gasteiger partial charge on any atom is -0.207 e.